The van der Waals surface area contributed by atoms with Gasteiger partial charge in [-0.2, -0.15) is 0 Å². The molecule has 0 bridgehead atoms. The van der Waals surface area contributed by atoms with Crippen LogP contribution in [0.3, 0.4) is 0 Å². The molecule has 2 N–H and O–H groups in total. The second-order valence-corrected chi connectivity index (χ2v) is 4.68. The topological polar surface area (TPSA) is 35.2 Å². The molecule has 1 aromatic carbocycles. The van der Waals surface area contributed by atoms with Gasteiger partial charge in [-0.1, -0.05) is 32.0 Å². The number of para-hydroxylation sites is 1. The van der Waals surface area contributed by atoms with Crippen molar-refractivity contribution in [1.82, 2.24) is 0 Å². The van der Waals surface area contributed by atoms with Gasteiger partial charge in [0.25, 0.3) is 0 Å². The number of halogens is 1. The van der Waals surface area contributed by atoms with Crippen molar-refractivity contribution >= 4 is 0 Å². The van der Waals surface area contributed by atoms with Crippen molar-refractivity contribution in [2.75, 3.05) is 13.7 Å². The van der Waals surface area contributed by atoms with Crippen LogP contribution in [0.2, 0.25) is 0 Å². The van der Waals surface area contributed by atoms with E-state index in [4.69, 9.17) is 10.5 Å². The quantitative estimate of drug-likeness (QED) is 0.828. The number of methoxy groups -OCH3 is 1. The summed E-state index contributed by atoms with van der Waals surface area (Å²) in [4.78, 5) is 0. The van der Waals surface area contributed by atoms with Crippen LogP contribution in [-0.4, -0.2) is 19.8 Å². The van der Waals surface area contributed by atoms with Crippen LogP contribution in [0.5, 0.6) is 5.75 Å². The van der Waals surface area contributed by atoms with Gasteiger partial charge < -0.3 is 10.5 Å². The van der Waals surface area contributed by atoms with E-state index in [-0.39, 0.29) is 11.8 Å². The van der Waals surface area contributed by atoms with Crippen LogP contribution in [0.15, 0.2) is 24.3 Å². The van der Waals surface area contributed by atoms with Gasteiger partial charge in [0.2, 0.25) is 0 Å². The number of alkyl halides is 1. The lowest BCUT2D eigenvalue weighted by Crippen LogP contribution is -2.30. The van der Waals surface area contributed by atoms with Gasteiger partial charge in [-0.25, -0.2) is 4.39 Å². The number of hydrogen-bond donors (Lipinski definition) is 1. The Hall–Kier alpha value is -1.09. The predicted octanol–water partition coefficient (Wildman–Crippen LogP) is 2.81. The predicted molar refractivity (Wildman–Crippen MR) is 69.0 cm³/mol. The SMILES string of the molecule is COc1ccccc1CC(F)C(CN)C(C)C. The lowest BCUT2D eigenvalue weighted by atomic mass is 9.88. The van der Waals surface area contributed by atoms with E-state index < -0.39 is 6.17 Å². The molecule has 0 aliphatic rings. The van der Waals surface area contributed by atoms with Gasteiger partial charge in [-0.3, -0.25) is 0 Å². The minimum absolute atomic E-state index is 0.0973. The van der Waals surface area contributed by atoms with Gasteiger partial charge >= 0.3 is 0 Å². The fourth-order valence-electron chi connectivity index (χ4n) is 2.07. The molecule has 3 heteroatoms. The third-order valence-electron chi connectivity index (χ3n) is 3.20. The lowest BCUT2D eigenvalue weighted by Gasteiger charge is -2.23. The van der Waals surface area contributed by atoms with Crippen LogP contribution < -0.4 is 10.5 Å². The average molecular weight is 239 g/mol. The van der Waals surface area contributed by atoms with E-state index >= 15 is 0 Å². The smallest absolute Gasteiger partial charge is 0.122 e. The average Bonchev–Trinajstić information content (AvgIpc) is 2.30. The highest BCUT2D eigenvalue weighted by Crippen LogP contribution is 2.25. The molecule has 0 aliphatic carbocycles. The maximum Gasteiger partial charge on any atom is 0.122 e. The Morgan fingerprint density at radius 3 is 2.47 bits per heavy atom. The zero-order valence-corrected chi connectivity index (χ0v) is 10.8. The molecule has 17 heavy (non-hydrogen) atoms. The monoisotopic (exact) mass is 239 g/mol. The van der Waals surface area contributed by atoms with Crippen molar-refractivity contribution in [2.45, 2.75) is 26.4 Å². The first-order valence-electron chi connectivity index (χ1n) is 6.06. The Balaban J connectivity index is 2.76. The van der Waals surface area contributed by atoms with Crippen LogP contribution in [0.1, 0.15) is 19.4 Å². The summed E-state index contributed by atoms with van der Waals surface area (Å²) in [5.41, 5.74) is 6.53. The second kappa shape index (κ2) is 6.60. The molecule has 0 aliphatic heterocycles. The first-order valence-corrected chi connectivity index (χ1v) is 6.06. The summed E-state index contributed by atoms with van der Waals surface area (Å²) in [5.74, 6) is 0.902. The minimum atomic E-state index is -0.920. The van der Waals surface area contributed by atoms with Crippen molar-refractivity contribution in [3.63, 3.8) is 0 Å². The zero-order chi connectivity index (χ0) is 12.8. The van der Waals surface area contributed by atoms with Crippen LogP contribution in [0.25, 0.3) is 0 Å². The molecule has 96 valence electrons. The Bertz CT molecular complexity index is 341. The summed E-state index contributed by atoms with van der Waals surface area (Å²) in [5, 5.41) is 0. The Kier molecular flexibility index (Phi) is 5.42. The van der Waals surface area contributed by atoms with E-state index in [1.807, 2.05) is 38.1 Å². The maximum absolute atomic E-state index is 14.2. The molecule has 0 amide bonds. The van der Waals surface area contributed by atoms with Gasteiger partial charge in [0.15, 0.2) is 0 Å². The summed E-state index contributed by atoms with van der Waals surface area (Å²) in [6.07, 6.45) is -0.555. The van der Waals surface area contributed by atoms with Crippen molar-refractivity contribution in [3.8, 4) is 5.75 Å². The normalized spacial score (nSPS) is 14.7. The second-order valence-electron chi connectivity index (χ2n) is 4.68. The van der Waals surface area contributed by atoms with Gasteiger partial charge in [0, 0.05) is 12.3 Å². The van der Waals surface area contributed by atoms with E-state index in [0.717, 1.165) is 11.3 Å². The number of ether oxygens (including phenoxy) is 1. The molecule has 2 nitrogen and oxygen atoms in total. The summed E-state index contributed by atoms with van der Waals surface area (Å²) in [6.45, 7) is 4.40. The molecule has 2 unspecified atom stereocenters. The zero-order valence-electron chi connectivity index (χ0n) is 10.8. The number of hydrogen-bond acceptors (Lipinski definition) is 2. The molecule has 0 saturated carbocycles. The van der Waals surface area contributed by atoms with Crippen molar-refractivity contribution in [3.05, 3.63) is 29.8 Å². The number of nitrogens with two attached hydrogens (primary N) is 1. The van der Waals surface area contributed by atoms with E-state index in [0.29, 0.717) is 13.0 Å². The third kappa shape index (κ3) is 3.70. The molecule has 2 atom stereocenters. The highest BCUT2D eigenvalue weighted by atomic mass is 19.1. The largest absolute Gasteiger partial charge is 0.496 e. The molecule has 0 spiro atoms. The summed E-state index contributed by atoms with van der Waals surface area (Å²) < 4.78 is 19.4. The maximum atomic E-state index is 14.2. The number of benzene rings is 1. The van der Waals surface area contributed by atoms with Crippen LogP contribution in [-0.2, 0) is 6.42 Å². The first-order chi connectivity index (χ1) is 8.10. The molecule has 0 radical (unpaired) electrons. The molecule has 0 fully saturated rings. The van der Waals surface area contributed by atoms with Crippen LogP contribution >= 0.6 is 0 Å². The van der Waals surface area contributed by atoms with E-state index in [9.17, 15) is 4.39 Å². The highest BCUT2D eigenvalue weighted by Gasteiger charge is 2.24. The summed E-state index contributed by atoms with van der Waals surface area (Å²) >= 11 is 0. The van der Waals surface area contributed by atoms with E-state index in [1.165, 1.54) is 0 Å². The van der Waals surface area contributed by atoms with Gasteiger partial charge in [0.05, 0.1) is 7.11 Å². The molecular formula is C14H22FNO. The minimum Gasteiger partial charge on any atom is -0.496 e. The van der Waals surface area contributed by atoms with Crippen molar-refractivity contribution in [1.29, 1.82) is 0 Å². The molecule has 0 heterocycles. The molecule has 1 rings (SSSR count). The number of rotatable bonds is 6. The fraction of sp³-hybridized carbons (Fsp3) is 0.571. The first kappa shape index (κ1) is 14.0. The summed E-state index contributed by atoms with van der Waals surface area (Å²) in [7, 11) is 1.61. The van der Waals surface area contributed by atoms with E-state index in [1.54, 1.807) is 7.11 Å². The fourth-order valence-corrected chi connectivity index (χ4v) is 2.07. The molecular weight excluding hydrogens is 217 g/mol. The molecule has 1 aromatic rings. The Morgan fingerprint density at radius 2 is 1.94 bits per heavy atom. The molecule has 0 saturated heterocycles. The van der Waals surface area contributed by atoms with Crippen LogP contribution in [0.4, 0.5) is 4.39 Å². The summed E-state index contributed by atoms with van der Waals surface area (Å²) in [6, 6.07) is 7.55. The Labute approximate surface area is 103 Å². The third-order valence-corrected chi connectivity index (χ3v) is 3.20. The molecule has 0 aromatic heterocycles. The standard InChI is InChI=1S/C14H22FNO/c1-10(2)12(9-16)13(15)8-11-6-4-5-7-14(11)17-3/h4-7,10,12-13H,8-9,16H2,1-3H3. The van der Waals surface area contributed by atoms with E-state index in [2.05, 4.69) is 0 Å². The van der Waals surface area contributed by atoms with Gasteiger partial charge in [-0.15, -0.1) is 0 Å². The van der Waals surface area contributed by atoms with Crippen molar-refractivity contribution < 1.29 is 9.13 Å². The Morgan fingerprint density at radius 1 is 1.29 bits per heavy atom. The van der Waals surface area contributed by atoms with Gasteiger partial charge in [-0.05, 0) is 24.1 Å². The van der Waals surface area contributed by atoms with Gasteiger partial charge in [0.1, 0.15) is 11.9 Å². The lowest BCUT2D eigenvalue weighted by molar-refractivity contribution is 0.184. The van der Waals surface area contributed by atoms with Crippen molar-refractivity contribution in [2.24, 2.45) is 17.6 Å². The highest BCUT2D eigenvalue weighted by molar-refractivity contribution is 5.33. The van der Waals surface area contributed by atoms with Crippen LogP contribution in [0, 0.1) is 11.8 Å².